The average molecular weight is 435 g/mol. The number of rotatable bonds is 8. The average Bonchev–Trinajstić information content (AvgIpc) is 3.04. The van der Waals surface area contributed by atoms with Gasteiger partial charge in [-0.15, -0.1) is 0 Å². The smallest absolute Gasteiger partial charge is 0.229 e. The van der Waals surface area contributed by atoms with Crippen LogP contribution in [-0.4, -0.2) is 37.3 Å². The van der Waals surface area contributed by atoms with Gasteiger partial charge in [0.05, 0.1) is 37.5 Å². The second-order valence-electron chi connectivity index (χ2n) is 7.93. The monoisotopic (exact) mass is 434 g/mol. The van der Waals surface area contributed by atoms with Crippen LogP contribution in [0.1, 0.15) is 37.4 Å². The summed E-state index contributed by atoms with van der Waals surface area (Å²) in [6.45, 7) is 6.75. The quantitative estimate of drug-likeness (QED) is 0.464. The molecule has 0 spiro atoms. The van der Waals surface area contributed by atoms with Crippen molar-refractivity contribution in [3.63, 3.8) is 0 Å². The molecule has 4 rings (SSSR count). The number of hydrogen-bond donors (Lipinski definition) is 0. The van der Waals surface area contributed by atoms with Gasteiger partial charge in [0.1, 0.15) is 18.1 Å². The van der Waals surface area contributed by atoms with Crippen LogP contribution in [0.3, 0.4) is 0 Å². The minimum absolute atomic E-state index is 0.0700. The highest BCUT2D eigenvalue weighted by atomic mass is 16.5. The fourth-order valence-corrected chi connectivity index (χ4v) is 3.81. The number of fused-ring (bicyclic) bond motifs is 1. The molecule has 1 aliphatic heterocycles. The van der Waals surface area contributed by atoms with E-state index >= 15 is 0 Å². The first-order chi connectivity index (χ1) is 15.7. The van der Waals surface area contributed by atoms with Gasteiger partial charge in [0, 0.05) is 29.2 Å². The summed E-state index contributed by atoms with van der Waals surface area (Å²) in [6, 6.07) is 15.7. The summed E-state index contributed by atoms with van der Waals surface area (Å²) < 4.78 is 17.7. The van der Waals surface area contributed by atoms with Crippen molar-refractivity contribution in [3.8, 4) is 11.5 Å². The molecule has 1 aliphatic rings. The number of amides is 1. The first kappa shape index (κ1) is 22.1. The van der Waals surface area contributed by atoms with Crippen LogP contribution in [-0.2, 0) is 16.1 Å². The van der Waals surface area contributed by atoms with Crippen molar-refractivity contribution in [3.05, 3.63) is 59.8 Å². The van der Waals surface area contributed by atoms with E-state index < -0.39 is 0 Å². The fraction of sp³-hybridized carbons (Fsp3) is 0.385. The molecule has 0 atom stereocenters. The van der Waals surface area contributed by atoms with Crippen molar-refractivity contribution < 1.29 is 19.0 Å². The zero-order chi connectivity index (χ0) is 22.3. The van der Waals surface area contributed by atoms with Crippen molar-refractivity contribution in [1.29, 1.82) is 0 Å². The van der Waals surface area contributed by atoms with E-state index in [1.54, 1.807) is 4.90 Å². The number of nitrogens with zero attached hydrogens (tertiary/aromatic N) is 2. The van der Waals surface area contributed by atoms with Crippen LogP contribution in [0.25, 0.3) is 10.9 Å². The molecule has 168 valence electrons. The van der Waals surface area contributed by atoms with Gasteiger partial charge in [-0.1, -0.05) is 31.5 Å². The Balaban J connectivity index is 1.55. The molecule has 3 aromatic rings. The van der Waals surface area contributed by atoms with Crippen LogP contribution in [0.15, 0.2) is 48.5 Å². The molecule has 1 amide bonds. The van der Waals surface area contributed by atoms with Gasteiger partial charge >= 0.3 is 0 Å². The van der Waals surface area contributed by atoms with Gasteiger partial charge in [-0.2, -0.15) is 0 Å². The van der Waals surface area contributed by atoms with E-state index in [4.69, 9.17) is 19.2 Å². The minimum Gasteiger partial charge on any atom is -0.493 e. The highest BCUT2D eigenvalue weighted by Gasteiger charge is 2.19. The maximum absolute atomic E-state index is 12.4. The van der Waals surface area contributed by atoms with E-state index in [-0.39, 0.29) is 5.91 Å². The van der Waals surface area contributed by atoms with Gasteiger partial charge in [-0.3, -0.25) is 4.79 Å². The molecule has 1 saturated heterocycles. The summed E-state index contributed by atoms with van der Waals surface area (Å²) in [4.78, 5) is 19.0. The molecule has 1 fully saturated rings. The van der Waals surface area contributed by atoms with Crippen LogP contribution >= 0.6 is 0 Å². The van der Waals surface area contributed by atoms with E-state index in [0.29, 0.717) is 45.1 Å². The lowest BCUT2D eigenvalue weighted by atomic mass is 10.1. The number of pyridine rings is 1. The highest BCUT2D eigenvalue weighted by molar-refractivity contribution is 5.93. The number of aromatic nitrogens is 1. The Morgan fingerprint density at radius 2 is 1.97 bits per heavy atom. The Kier molecular flexibility index (Phi) is 7.22. The summed E-state index contributed by atoms with van der Waals surface area (Å²) in [5.74, 6) is 1.65. The standard InChI is InChI=1S/C26H30N2O4/c1-3-4-14-31-26-19(2)24(27-23-11-6-5-10-22(23)26)18-32-21-9-7-8-20(17-21)28-13-16-30-15-12-25(28)29/h5-11,17H,3-4,12-16,18H2,1-2H3. The second-order valence-corrected chi connectivity index (χ2v) is 7.93. The number of para-hydroxylation sites is 1. The summed E-state index contributed by atoms with van der Waals surface area (Å²) >= 11 is 0. The van der Waals surface area contributed by atoms with Crippen LogP contribution in [0.4, 0.5) is 5.69 Å². The van der Waals surface area contributed by atoms with Gasteiger partial charge in [0.15, 0.2) is 0 Å². The molecule has 0 unspecified atom stereocenters. The molecule has 6 nitrogen and oxygen atoms in total. The number of anilines is 1. The summed E-state index contributed by atoms with van der Waals surface area (Å²) in [7, 11) is 0. The van der Waals surface area contributed by atoms with Crippen LogP contribution in [0.5, 0.6) is 11.5 Å². The Bertz CT molecular complexity index is 1080. The molecule has 32 heavy (non-hydrogen) atoms. The second kappa shape index (κ2) is 10.5. The SMILES string of the molecule is CCCCOc1c(C)c(COc2cccc(N3CCOCCC3=O)c2)nc2ccccc12. The predicted molar refractivity (Wildman–Crippen MR) is 125 cm³/mol. The normalized spacial score (nSPS) is 14.4. The van der Waals surface area contributed by atoms with Crippen molar-refractivity contribution in [2.75, 3.05) is 31.3 Å². The minimum atomic E-state index is 0.0700. The highest BCUT2D eigenvalue weighted by Crippen LogP contribution is 2.31. The summed E-state index contributed by atoms with van der Waals surface area (Å²) in [6.07, 6.45) is 2.49. The molecule has 1 aromatic heterocycles. The first-order valence-electron chi connectivity index (χ1n) is 11.3. The Hall–Kier alpha value is -3.12. The van der Waals surface area contributed by atoms with Crippen molar-refractivity contribution >= 4 is 22.5 Å². The molecule has 6 heteroatoms. The molecule has 0 bridgehead atoms. The lowest BCUT2D eigenvalue weighted by Crippen LogP contribution is -2.31. The van der Waals surface area contributed by atoms with Crippen LogP contribution in [0, 0.1) is 6.92 Å². The molecular weight excluding hydrogens is 404 g/mol. The molecule has 0 aliphatic carbocycles. The lowest BCUT2D eigenvalue weighted by Gasteiger charge is -2.21. The van der Waals surface area contributed by atoms with Crippen LogP contribution < -0.4 is 14.4 Å². The molecule has 2 heterocycles. The lowest BCUT2D eigenvalue weighted by molar-refractivity contribution is -0.118. The van der Waals surface area contributed by atoms with Crippen molar-refractivity contribution in [2.45, 2.75) is 39.7 Å². The maximum atomic E-state index is 12.4. The third-order valence-corrected chi connectivity index (χ3v) is 5.65. The zero-order valence-corrected chi connectivity index (χ0v) is 18.8. The zero-order valence-electron chi connectivity index (χ0n) is 18.8. The van der Waals surface area contributed by atoms with E-state index in [0.717, 1.165) is 46.4 Å². The van der Waals surface area contributed by atoms with E-state index in [9.17, 15) is 4.79 Å². The summed E-state index contributed by atoms with van der Waals surface area (Å²) in [5.41, 5.74) is 3.56. The fourth-order valence-electron chi connectivity index (χ4n) is 3.81. The summed E-state index contributed by atoms with van der Waals surface area (Å²) in [5, 5.41) is 1.02. The third-order valence-electron chi connectivity index (χ3n) is 5.65. The topological polar surface area (TPSA) is 60.9 Å². The van der Waals surface area contributed by atoms with E-state index in [2.05, 4.69) is 6.92 Å². The molecular formula is C26H30N2O4. The van der Waals surface area contributed by atoms with E-state index in [1.165, 1.54) is 0 Å². The van der Waals surface area contributed by atoms with E-state index in [1.807, 2.05) is 55.5 Å². The van der Waals surface area contributed by atoms with Crippen molar-refractivity contribution in [2.24, 2.45) is 0 Å². The molecule has 2 aromatic carbocycles. The van der Waals surface area contributed by atoms with Gasteiger partial charge in [0.2, 0.25) is 5.91 Å². The number of benzene rings is 2. The Morgan fingerprint density at radius 3 is 2.84 bits per heavy atom. The van der Waals surface area contributed by atoms with Gasteiger partial charge in [-0.05, 0) is 37.6 Å². The Morgan fingerprint density at radius 1 is 1.09 bits per heavy atom. The van der Waals surface area contributed by atoms with Gasteiger partial charge in [-0.25, -0.2) is 4.98 Å². The third kappa shape index (κ3) is 5.02. The number of carbonyl (C=O) groups excluding carboxylic acids is 1. The number of carbonyl (C=O) groups is 1. The largest absolute Gasteiger partial charge is 0.493 e. The maximum Gasteiger partial charge on any atom is 0.229 e. The van der Waals surface area contributed by atoms with Gasteiger partial charge < -0.3 is 19.1 Å². The first-order valence-corrected chi connectivity index (χ1v) is 11.3. The number of unbranched alkanes of at least 4 members (excludes halogenated alkanes) is 1. The Labute approximate surface area is 189 Å². The molecule has 0 radical (unpaired) electrons. The molecule has 0 saturated carbocycles. The van der Waals surface area contributed by atoms with Crippen LogP contribution in [0.2, 0.25) is 0 Å². The molecule has 0 N–H and O–H groups in total. The number of hydrogen-bond acceptors (Lipinski definition) is 5. The predicted octanol–water partition coefficient (Wildman–Crippen LogP) is 5.05. The van der Waals surface area contributed by atoms with Crippen molar-refractivity contribution in [1.82, 2.24) is 4.98 Å². The number of ether oxygens (including phenoxy) is 3. The van der Waals surface area contributed by atoms with Gasteiger partial charge in [0.25, 0.3) is 0 Å².